The minimum absolute atomic E-state index is 0.0322. The van der Waals surface area contributed by atoms with Gasteiger partial charge < -0.3 is 15.7 Å². The Bertz CT molecular complexity index is 362. The van der Waals surface area contributed by atoms with Gasteiger partial charge in [0.25, 0.3) is 0 Å². The zero-order valence-corrected chi connectivity index (χ0v) is 11.7. The first kappa shape index (κ1) is 14.3. The predicted molar refractivity (Wildman–Crippen MR) is 71.7 cm³/mol. The number of carbonyl (C=O) groups is 2. The monoisotopic (exact) mass is 268 g/mol. The third kappa shape index (κ3) is 2.76. The van der Waals surface area contributed by atoms with E-state index in [0.717, 1.165) is 25.9 Å². The maximum absolute atomic E-state index is 12.5. The second-order valence-electron chi connectivity index (χ2n) is 6.26. The van der Waals surface area contributed by atoms with Crippen molar-refractivity contribution < 1.29 is 14.7 Å². The molecule has 0 aromatic carbocycles. The molecule has 2 aliphatic rings. The van der Waals surface area contributed by atoms with Gasteiger partial charge in [0.05, 0.1) is 11.3 Å². The Morgan fingerprint density at radius 3 is 2.58 bits per heavy atom. The lowest BCUT2D eigenvalue weighted by Crippen LogP contribution is -2.49. The summed E-state index contributed by atoms with van der Waals surface area (Å²) in [5.74, 6) is -0.637. The molecule has 0 bridgehead atoms. The summed E-state index contributed by atoms with van der Waals surface area (Å²) in [6.45, 7) is 5.78. The minimum Gasteiger partial charge on any atom is -0.481 e. The van der Waals surface area contributed by atoms with E-state index in [9.17, 15) is 9.59 Å². The molecule has 3 unspecified atom stereocenters. The van der Waals surface area contributed by atoms with Crippen molar-refractivity contribution in [1.82, 2.24) is 10.6 Å². The topological polar surface area (TPSA) is 78.4 Å². The number of rotatable bonds is 4. The van der Waals surface area contributed by atoms with Gasteiger partial charge in [-0.25, -0.2) is 0 Å². The molecule has 2 fully saturated rings. The minimum atomic E-state index is -0.738. The van der Waals surface area contributed by atoms with Crippen LogP contribution in [0.2, 0.25) is 0 Å². The van der Waals surface area contributed by atoms with E-state index in [1.54, 1.807) is 0 Å². The van der Waals surface area contributed by atoms with Gasteiger partial charge in [0.1, 0.15) is 0 Å². The SMILES string of the molecule is CC(C)C1(C(=O)NC2CCC(C(=O)O)C2)CCNC1. The molecule has 3 atom stereocenters. The zero-order valence-electron chi connectivity index (χ0n) is 11.7. The lowest BCUT2D eigenvalue weighted by atomic mass is 9.75. The van der Waals surface area contributed by atoms with Crippen LogP contribution < -0.4 is 10.6 Å². The highest BCUT2D eigenvalue weighted by Gasteiger charge is 2.45. The summed E-state index contributed by atoms with van der Waals surface area (Å²) in [6.07, 6.45) is 2.89. The van der Waals surface area contributed by atoms with Crippen LogP contribution in [0.4, 0.5) is 0 Å². The van der Waals surface area contributed by atoms with Crippen LogP contribution in [0.5, 0.6) is 0 Å². The zero-order chi connectivity index (χ0) is 14.0. The van der Waals surface area contributed by atoms with Crippen molar-refractivity contribution in [2.24, 2.45) is 17.3 Å². The van der Waals surface area contributed by atoms with Crippen molar-refractivity contribution in [3.63, 3.8) is 0 Å². The van der Waals surface area contributed by atoms with E-state index >= 15 is 0 Å². The van der Waals surface area contributed by atoms with E-state index in [4.69, 9.17) is 5.11 Å². The molecule has 0 radical (unpaired) electrons. The van der Waals surface area contributed by atoms with E-state index in [1.807, 2.05) is 0 Å². The second-order valence-corrected chi connectivity index (χ2v) is 6.26. The first-order chi connectivity index (χ1) is 8.95. The van der Waals surface area contributed by atoms with Crippen LogP contribution in [0.25, 0.3) is 0 Å². The molecule has 1 saturated carbocycles. The average molecular weight is 268 g/mol. The van der Waals surface area contributed by atoms with Crippen molar-refractivity contribution >= 4 is 11.9 Å². The fourth-order valence-electron chi connectivity index (χ4n) is 3.33. The highest BCUT2D eigenvalue weighted by molar-refractivity contribution is 5.84. The van der Waals surface area contributed by atoms with Gasteiger partial charge in [-0.2, -0.15) is 0 Å². The van der Waals surface area contributed by atoms with Gasteiger partial charge in [0.15, 0.2) is 0 Å². The first-order valence-electron chi connectivity index (χ1n) is 7.20. The summed E-state index contributed by atoms with van der Waals surface area (Å²) >= 11 is 0. The molecule has 5 nitrogen and oxygen atoms in total. The number of aliphatic carboxylic acids is 1. The molecule has 108 valence electrons. The molecule has 0 aromatic rings. The Kier molecular flexibility index (Phi) is 4.13. The Morgan fingerprint density at radius 2 is 2.11 bits per heavy atom. The van der Waals surface area contributed by atoms with E-state index in [-0.39, 0.29) is 23.3 Å². The maximum Gasteiger partial charge on any atom is 0.306 e. The number of carboxylic acid groups (broad SMARTS) is 1. The summed E-state index contributed by atoms with van der Waals surface area (Å²) in [6, 6.07) is 0.0322. The largest absolute Gasteiger partial charge is 0.481 e. The smallest absolute Gasteiger partial charge is 0.306 e. The summed E-state index contributed by atoms with van der Waals surface area (Å²) in [7, 11) is 0. The molecular weight excluding hydrogens is 244 g/mol. The van der Waals surface area contributed by atoms with Gasteiger partial charge in [0.2, 0.25) is 5.91 Å². The highest BCUT2D eigenvalue weighted by Crippen LogP contribution is 2.35. The number of hydrogen-bond acceptors (Lipinski definition) is 3. The standard InChI is InChI=1S/C14H24N2O3/c1-9(2)14(5-6-15-8-14)13(19)16-11-4-3-10(7-11)12(17)18/h9-11,15H,3-8H2,1-2H3,(H,16,19)(H,17,18). The molecule has 5 heteroatoms. The van der Waals surface area contributed by atoms with E-state index in [2.05, 4.69) is 24.5 Å². The predicted octanol–water partition coefficient (Wildman–Crippen LogP) is 0.992. The summed E-state index contributed by atoms with van der Waals surface area (Å²) in [4.78, 5) is 23.5. The van der Waals surface area contributed by atoms with E-state index < -0.39 is 5.97 Å². The Morgan fingerprint density at radius 1 is 1.37 bits per heavy atom. The van der Waals surface area contributed by atoms with Gasteiger partial charge in [-0.1, -0.05) is 13.8 Å². The molecule has 1 aliphatic carbocycles. The first-order valence-corrected chi connectivity index (χ1v) is 7.20. The third-order valence-corrected chi connectivity index (χ3v) is 4.86. The van der Waals surface area contributed by atoms with Crippen LogP contribution in [0.15, 0.2) is 0 Å². The van der Waals surface area contributed by atoms with Crippen LogP contribution in [-0.4, -0.2) is 36.1 Å². The summed E-state index contributed by atoms with van der Waals surface area (Å²) < 4.78 is 0. The van der Waals surface area contributed by atoms with Crippen LogP contribution in [0, 0.1) is 17.3 Å². The van der Waals surface area contributed by atoms with Gasteiger partial charge in [-0.15, -0.1) is 0 Å². The Labute approximate surface area is 114 Å². The highest BCUT2D eigenvalue weighted by atomic mass is 16.4. The lowest BCUT2D eigenvalue weighted by Gasteiger charge is -2.32. The van der Waals surface area contributed by atoms with Crippen molar-refractivity contribution in [2.45, 2.75) is 45.6 Å². The quantitative estimate of drug-likeness (QED) is 0.710. The van der Waals surface area contributed by atoms with Gasteiger partial charge in [0, 0.05) is 12.6 Å². The second kappa shape index (κ2) is 5.49. The molecule has 2 rings (SSSR count). The van der Waals surface area contributed by atoms with Gasteiger partial charge in [-0.05, 0) is 38.1 Å². The molecular formula is C14H24N2O3. The molecule has 19 heavy (non-hydrogen) atoms. The van der Waals surface area contributed by atoms with Crippen LogP contribution >= 0.6 is 0 Å². The van der Waals surface area contributed by atoms with Crippen molar-refractivity contribution in [1.29, 1.82) is 0 Å². The van der Waals surface area contributed by atoms with Gasteiger partial charge in [-0.3, -0.25) is 9.59 Å². The number of hydrogen-bond donors (Lipinski definition) is 3. The van der Waals surface area contributed by atoms with Crippen molar-refractivity contribution in [2.75, 3.05) is 13.1 Å². The summed E-state index contributed by atoms with van der Waals surface area (Å²) in [5, 5.41) is 15.4. The van der Waals surface area contributed by atoms with Crippen LogP contribution in [0.1, 0.15) is 39.5 Å². The van der Waals surface area contributed by atoms with Crippen LogP contribution in [0.3, 0.4) is 0 Å². The van der Waals surface area contributed by atoms with Crippen molar-refractivity contribution in [3.05, 3.63) is 0 Å². The van der Waals surface area contributed by atoms with Crippen molar-refractivity contribution in [3.8, 4) is 0 Å². The number of amides is 1. The van der Waals surface area contributed by atoms with Gasteiger partial charge >= 0.3 is 5.97 Å². The average Bonchev–Trinajstić information content (AvgIpc) is 2.97. The molecule has 1 amide bonds. The molecule has 0 spiro atoms. The van der Waals surface area contributed by atoms with E-state index in [1.165, 1.54) is 0 Å². The number of carbonyl (C=O) groups excluding carboxylic acids is 1. The molecule has 1 aliphatic heterocycles. The fourth-order valence-corrected chi connectivity index (χ4v) is 3.33. The number of carboxylic acids is 1. The third-order valence-electron chi connectivity index (χ3n) is 4.86. The summed E-state index contributed by atoms with van der Waals surface area (Å²) in [5.41, 5.74) is -0.318. The number of nitrogens with one attached hydrogen (secondary N) is 2. The molecule has 3 N–H and O–H groups in total. The van der Waals surface area contributed by atoms with Crippen LogP contribution in [-0.2, 0) is 9.59 Å². The Hall–Kier alpha value is -1.10. The Balaban J connectivity index is 1.96. The molecule has 0 aromatic heterocycles. The fraction of sp³-hybridized carbons (Fsp3) is 0.857. The molecule has 1 saturated heterocycles. The molecule has 1 heterocycles. The maximum atomic E-state index is 12.5. The lowest BCUT2D eigenvalue weighted by molar-refractivity contribution is -0.141. The van der Waals surface area contributed by atoms with E-state index in [0.29, 0.717) is 18.8 Å². The normalized spacial score (nSPS) is 34.7.